The summed E-state index contributed by atoms with van der Waals surface area (Å²) in [5, 5.41) is 9.98. The van der Waals surface area contributed by atoms with E-state index in [-0.39, 0.29) is 5.82 Å². The Morgan fingerprint density at radius 1 is 1.17 bits per heavy atom. The molecule has 0 spiro atoms. The smallest absolute Gasteiger partial charge is 0.310 e. The molecule has 4 heteroatoms. The fourth-order valence-corrected chi connectivity index (χ4v) is 2.82. The quantitative estimate of drug-likeness (QED) is 0.765. The van der Waals surface area contributed by atoms with Crippen LogP contribution < -0.4 is 0 Å². The van der Waals surface area contributed by atoms with E-state index in [1.54, 1.807) is 12.3 Å². The third-order valence-electron chi connectivity index (χ3n) is 4.03. The number of benzene rings is 2. The summed E-state index contributed by atoms with van der Waals surface area (Å²) in [6.07, 6.45) is 2.23. The third-order valence-corrected chi connectivity index (χ3v) is 4.03. The Hall–Kier alpha value is -2.75. The molecule has 0 aliphatic rings. The number of aliphatic carboxylic acids is 1. The van der Waals surface area contributed by atoms with E-state index in [0.717, 1.165) is 27.6 Å². The van der Waals surface area contributed by atoms with Crippen LogP contribution >= 0.6 is 0 Å². The SMILES string of the molecule is CCC(C(=O)O)c1ccc(-c2ccnc3ccc(F)cc23)cc1. The number of fused-ring (bicyclic) bond motifs is 1. The zero-order chi connectivity index (χ0) is 16.4. The summed E-state index contributed by atoms with van der Waals surface area (Å²) < 4.78 is 13.5. The van der Waals surface area contributed by atoms with Crippen molar-refractivity contribution < 1.29 is 14.3 Å². The lowest BCUT2D eigenvalue weighted by Crippen LogP contribution is -2.10. The summed E-state index contributed by atoms with van der Waals surface area (Å²) in [5.41, 5.74) is 3.29. The molecule has 3 nitrogen and oxygen atoms in total. The number of carboxylic acid groups (broad SMARTS) is 1. The molecule has 3 rings (SSSR count). The van der Waals surface area contributed by atoms with Crippen molar-refractivity contribution in [2.75, 3.05) is 0 Å². The van der Waals surface area contributed by atoms with Crippen LogP contribution in [0.4, 0.5) is 4.39 Å². The Morgan fingerprint density at radius 3 is 2.57 bits per heavy atom. The normalized spacial score (nSPS) is 12.3. The average Bonchev–Trinajstić information content (AvgIpc) is 2.55. The molecule has 1 unspecified atom stereocenters. The first-order valence-corrected chi connectivity index (χ1v) is 7.47. The molecule has 116 valence electrons. The van der Waals surface area contributed by atoms with E-state index in [9.17, 15) is 14.3 Å². The molecular formula is C19H16FNO2. The highest BCUT2D eigenvalue weighted by molar-refractivity contribution is 5.94. The molecule has 0 amide bonds. The van der Waals surface area contributed by atoms with Gasteiger partial charge in [0.15, 0.2) is 0 Å². The number of rotatable bonds is 4. The summed E-state index contributed by atoms with van der Waals surface area (Å²) in [6.45, 7) is 1.85. The number of aromatic nitrogens is 1. The molecule has 2 aromatic carbocycles. The van der Waals surface area contributed by atoms with Gasteiger partial charge >= 0.3 is 5.97 Å². The summed E-state index contributed by atoms with van der Waals surface area (Å²) >= 11 is 0. The number of carbonyl (C=O) groups is 1. The largest absolute Gasteiger partial charge is 0.481 e. The predicted molar refractivity (Wildman–Crippen MR) is 87.8 cm³/mol. The zero-order valence-corrected chi connectivity index (χ0v) is 12.7. The Bertz CT molecular complexity index is 859. The zero-order valence-electron chi connectivity index (χ0n) is 12.7. The van der Waals surface area contributed by atoms with Crippen molar-refractivity contribution in [2.45, 2.75) is 19.3 Å². The molecule has 1 N–H and O–H groups in total. The first kappa shape index (κ1) is 15.2. The van der Waals surface area contributed by atoms with E-state index in [1.807, 2.05) is 37.3 Å². The number of pyridine rings is 1. The van der Waals surface area contributed by atoms with Crippen LogP contribution in [0.3, 0.4) is 0 Å². The minimum atomic E-state index is -0.823. The van der Waals surface area contributed by atoms with Gasteiger partial charge in [0.05, 0.1) is 11.4 Å². The van der Waals surface area contributed by atoms with E-state index >= 15 is 0 Å². The van der Waals surface area contributed by atoms with Gasteiger partial charge in [0, 0.05) is 11.6 Å². The molecule has 0 saturated heterocycles. The third kappa shape index (κ3) is 2.93. The second kappa shape index (κ2) is 6.16. The molecule has 0 bridgehead atoms. The van der Waals surface area contributed by atoms with Crippen LogP contribution in [0.25, 0.3) is 22.0 Å². The number of halogens is 1. The second-order valence-corrected chi connectivity index (χ2v) is 5.44. The van der Waals surface area contributed by atoms with Crippen molar-refractivity contribution in [3.8, 4) is 11.1 Å². The maximum atomic E-state index is 13.5. The Labute approximate surface area is 133 Å². The van der Waals surface area contributed by atoms with Crippen LogP contribution in [0.5, 0.6) is 0 Å². The van der Waals surface area contributed by atoms with Crippen LogP contribution in [-0.2, 0) is 4.79 Å². The molecule has 0 aliphatic carbocycles. The van der Waals surface area contributed by atoms with E-state index in [2.05, 4.69) is 4.98 Å². The molecule has 1 aromatic heterocycles. The van der Waals surface area contributed by atoms with E-state index in [4.69, 9.17) is 0 Å². The van der Waals surface area contributed by atoms with Crippen molar-refractivity contribution in [3.05, 3.63) is 66.1 Å². The average molecular weight is 309 g/mol. The summed E-state index contributed by atoms with van der Waals surface area (Å²) in [5.74, 6) is -1.63. The summed E-state index contributed by atoms with van der Waals surface area (Å²) in [6, 6.07) is 13.7. The fourth-order valence-electron chi connectivity index (χ4n) is 2.82. The van der Waals surface area contributed by atoms with Crippen molar-refractivity contribution in [3.63, 3.8) is 0 Å². The van der Waals surface area contributed by atoms with Gasteiger partial charge in [-0.05, 0) is 47.4 Å². The predicted octanol–water partition coefficient (Wildman–Crippen LogP) is 4.62. The van der Waals surface area contributed by atoms with Crippen molar-refractivity contribution in [1.82, 2.24) is 4.98 Å². The molecule has 0 radical (unpaired) electrons. The van der Waals surface area contributed by atoms with Crippen LogP contribution in [-0.4, -0.2) is 16.1 Å². The number of carboxylic acids is 1. The Morgan fingerprint density at radius 2 is 1.91 bits per heavy atom. The van der Waals surface area contributed by atoms with Gasteiger partial charge in [-0.3, -0.25) is 9.78 Å². The van der Waals surface area contributed by atoms with Gasteiger partial charge in [-0.15, -0.1) is 0 Å². The maximum absolute atomic E-state index is 13.5. The topological polar surface area (TPSA) is 50.2 Å². The molecule has 0 saturated carbocycles. The molecule has 0 fully saturated rings. The van der Waals surface area contributed by atoms with Crippen LogP contribution in [0.1, 0.15) is 24.8 Å². The minimum Gasteiger partial charge on any atom is -0.481 e. The van der Waals surface area contributed by atoms with Gasteiger partial charge in [0.25, 0.3) is 0 Å². The van der Waals surface area contributed by atoms with Gasteiger partial charge in [-0.1, -0.05) is 31.2 Å². The highest BCUT2D eigenvalue weighted by Gasteiger charge is 2.17. The van der Waals surface area contributed by atoms with Crippen molar-refractivity contribution in [1.29, 1.82) is 0 Å². The van der Waals surface area contributed by atoms with Crippen LogP contribution in [0.2, 0.25) is 0 Å². The lowest BCUT2D eigenvalue weighted by Gasteiger charge is -2.12. The number of hydrogen-bond acceptors (Lipinski definition) is 2. The molecule has 1 heterocycles. The first-order chi connectivity index (χ1) is 11.1. The first-order valence-electron chi connectivity index (χ1n) is 7.47. The Kier molecular flexibility index (Phi) is 4.06. The standard InChI is InChI=1S/C19H16FNO2/c1-2-15(19(22)23)12-3-5-13(6-4-12)16-9-10-21-18-8-7-14(20)11-17(16)18/h3-11,15H,2H2,1H3,(H,22,23). The highest BCUT2D eigenvalue weighted by Crippen LogP contribution is 2.29. The lowest BCUT2D eigenvalue weighted by atomic mass is 9.93. The van der Waals surface area contributed by atoms with E-state index < -0.39 is 11.9 Å². The molecule has 3 aromatic rings. The van der Waals surface area contributed by atoms with Gasteiger partial charge < -0.3 is 5.11 Å². The Balaban J connectivity index is 2.06. The van der Waals surface area contributed by atoms with E-state index in [0.29, 0.717) is 6.42 Å². The van der Waals surface area contributed by atoms with Gasteiger partial charge in [0.1, 0.15) is 5.82 Å². The minimum absolute atomic E-state index is 0.305. The monoisotopic (exact) mass is 309 g/mol. The highest BCUT2D eigenvalue weighted by atomic mass is 19.1. The number of nitrogens with zero attached hydrogens (tertiary/aromatic N) is 1. The summed E-state index contributed by atoms with van der Waals surface area (Å²) in [4.78, 5) is 15.5. The van der Waals surface area contributed by atoms with Crippen molar-refractivity contribution in [2.24, 2.45) is 0 Å². The second-order valence-electron chi connectivity index (χ2n) is 5.44. The fraction of sp³-hybridized carbons (Fsp3) is 0.158. The molecular weight excluding hydrogens is 293 g/mol. The van der Waals surface area contributed by atoms with Gasteiger partial charge in [-0.2, -0.15) is 0 Å². The lowest BCUT2D eigenvalue weighted by molar-refractivity contribution is -0.138. The van der Waals surface area contributed by atoms with Crippen molar-refractivity contribution >= 4 is 16.9 Å². The van der Waals surface area contributed by atoms with Gasteiger partial charge in [0.2, 0.25) is 0 Å². The van der Waals surface area contributed by atoms with E-state index in [1.165, 1.54) is 12.1 Å². The van der Waals surface area contributed by atoms with Gasteiger partial charge in [-0.25, -0.2) is 4.39 Å². The van der Waals surface area contributed by atoms with Crippen LogP contribution in [0, 0.1) is 5.82 Å². The number of hydrogen-bond donors (Lipinski definition) is 1. The molecule has 1 atom stereocenters. The molecule has 23 heavy (non-hydrogen) atoms. The van der Waals surface area contributed by atoms with Crippen LogP contribution in [0.15, 0.2) is 54.7 Å². The maximum Gasteiger partial charge on any atom is 0.310 e. The molecule has 0 aliphatic heterocycles. The summed E-state index contributed by atoms with van der Waals surface area (Å²) in [7, 11) is 0.